The van der Waals surface area contributed by atoms with Crippen LogP contribution in [-0.2, 0) is 11.8 Å². The molecule has 0 radical (unpaired) electrons. The molecule has 0 aliphatic heterocycles. The Kier molecular flexibility index (Phi) is 5.63. The topological polar surface area (TPSA) is 56.6 Å². The van der Waals surface area contributed by atoms with Crippen LogP contribution < -0.4 is 4.74 Å². The van der Waals surface area contributed by atoms with Crippen molar-refractivity contribution in [3.63, 3.8) is 0 Å². The van der Waals surface area contributed by atoms with Crippen molar-refractivity contribution >= 4 is 6.09 Å². The van der Waals surface area contributed by atoms with Crippen molar-refractivity contribution in [3.8, 4) is 5.88 Å². The molecule has 0 aliphatic carbocycles. The first kappa shape index (κ1) is 17.3. The maximum absolute atomic E-state index is 12.1. The van der Waals surface area contributed by atoms with Crippen LogP contribution in [0.15, 0.2) is 6.07 Å². The van der Waals surface area contributed by atoms with Crippen LogP contribution in [-0.4, -0.2) is 45.6 Å². The molecule has 0 saturated carbocycles. The van der Waals surface area contributed by atoms with Crippen LogP contribution in [0.4, 0.5) is 4.79 Å². The number of ether oxygens (including phenoxy) is 2. The molecular formula is C15H27N3O3. The second-order valence-electron chi connectivity index (χ2n) is 6.20. The van der Waals surface area contributed by atoms with Crippen molar-refractivity contribution in [3.05, 3.63) is 11.8 Å². The molecule has 1 amide bonds. The number of carbonyl (C=O) groups excluding carboxylic acids is 1. The normalized spacial score (nSPS) is 12.9. The predicted octanol–water partition coefficient (Wildman–Crippen LogP) is 2.75. The Morgan fingerprint density at radius 2 is 2.10 bits per heavy atom. The molecule has 0 saturated heterocycles. The van der Waals surface area contributed by atoms with Gasteiger partial charge in [-0.1, -0.05) is 0 Å². The van der Waals surface area contributed by atoms with Crippen molar-refractivity contribution in [2.75, 3.05) is 13.1 Å². The van der Waals surface area contributed by atoms with E-state index in [4.69, 9.17) is 9.47 Å². The number of nitrogens with zero attached hydrogens (tertiary/aromatic N) is 3. The number of aryl methyl sites for hydroxylation is 2. The Balaban J connectivity index is 2.60. The fourth-order valence-corrected chi connectivity index (χ4v) is 1.91. The third kappa shape index (κ3) is 5.65. The molecular weight excluding hydrogens is 270 g/mol. The summed E-state index contributed by atoms with van der Waals surface area (Å²) in [6, 6.07) is 1.88. The Bertz CT molecular complexity index is 477. The molecule has 120 valence electrons. The van der Waals surface area contributed by atoms with E-state index in [0.717, 1.165) is 5.69 Å². The molecule has 1 rings (SSSR count). The first-order valence-electron chi connectivity index (χ1n) is 7.27. The highest BCUT2D eigenvalue weighted by atomic mass is 16.6. The molecule has 1 aromatic heterocycles. The highest BCUT2D eigenvalue weighted by molar-refractivity contribution is 5.68. The van der Waals surface area contributed by atoms with Gasteiger partial charge in [0.25, 0.3) is 0 Å². The standard InChI is InChI=1S/C15H27N3O3/c1-8-18(14(19)21-15(4,5)6)10-12(3)20-13-9-11(2)16-17(13)7/h9,12H,8,10H2,1-7H3/t12-/m0/s1. The lowest BCUT2D eigenvalue weighted by Crippen LogP contribution is -2.41. The number of likely N-dealkylation sites (N-methyl/N-ethyl adjacent to an activating group) is 1. The van der Waals surface area contributed by atoms with Gasteiger partial charge >= 0.3 is 6.09 Å². The first-order chi connectivity index (χ1) is 9.62. The summed E-state index contributed by atoms with van der Waals surface area (Å²) in [6.45, 7) is 12.4. The summed E-state index contributed by atoms with van der Waals surface area (Å²) in [4.78, 5) is 13.7. The van der Waals surface area contributed by atoms with E-state index in [0.29, 0.717) is 19.0 Å². The average molecular weight is 297 g/mol. The van der Waals surface area contributed by atoms with Crippen molar-refractivity contribution in [1.82, 2.24) is 14.7 Å². The van der Waals surface area contributed by atoms with Gasteiger partial charge in [0.05, 0.1) is 12.2 Å². The first-order valence-corrected chi connectivity index (χ1v) is 7.27. The van der Waals surface area contributed by atoms with Gasteiger partial charge in [0.2, 0.25) is 5.88 Å². The van der Waals surface area contributed by atoms with Crippen LogP contribution in [0.25, 0.3) is 0 Å². The van der Waals surface area contributed by atoms with E-state index in [2.05, 4.69) is 5.10 Å². The van der Waals surface area contributed by atoms with Crippen LogP contribution in [0.2, 0.25) is 0 Å². The fraction of sp³-hybridized carbons (Fsp3) is 0.733. The van der Waals surface area contributed by atoms with E-state index in [1.807, 2.05) is 54.7 Å². The number of carbonyl (C=O) groups is 1. The van der Waals surface area contributed by atoms with E-state index in [9.17, 15) is 4.79 Å². The second kappa shape index (κ2) is 6.83. The Labute approximate surface area is 127 Å². The molecule has 0 N–H and O–H groups in total. The molecule has 0 aliphatic rings. The van der Waals surface area contributed by atoms with Crippen molar-refractivity contribution in [2.45, 2.75) is 53.2 Å². The lowest BCUT2D eigenvalue weighted by atomic mass is 10.2. The Morgan fingerprint density at radius 3 is 2.52 bits per heavy atom. The summed E-state index contributed by atoms with van der Waals surface area (Å²) < 4.78 is 12.9. The lowest BCUT2D eigenvalue weighted by Gasteiger charge is -2.28. The summed E-state index contributed by atoms with van der Waals surface area (Å²) in [7, 11) is 1.83. The van der Waals surface area contributed by atoms with Gasteiger partial charge in [-0.25, -0.2) is 9.48 Å². The van der Waals surface area contributed by atoms with Crippen LogP contribution in [0, 0.1) is 6.92 Å². The van der Waals surface area contributed by atoms with Gasteiger partial charge in [-0.3, -0.25) is 0 Å². The number of hydrogen-bond donors (Lipinski definition) is 0. The van der Waals surface area contributed by atoms with Crippen molar-refractivity contribution in [2.24, 2.45) is 7.05 Å². The average Bonchev–Trinajstić information content (AvgIpc) is 2.62. The van der Waals surface area contributed by atoms with Gasteiger partial charge in [0.1, 0.15) is 11.7 Å². The molecule has 21 heavy (non-hydrogen) atoms. The number of hydrogen-bond acceptors (Lipinski definition) is 4. The molecule has 1 aromatic rings. The molecule has 0 unspecified atom stereocenters. The summed E-state index contributed by atoms with van der Waals surface area (Å²) in [5, 5.41) is 4.23. The van der Waals surface area contributed by atoms with E-state index in [-0.39, 0.29) is 12.2 Å². The van der Waals surface area contributed by atoms with Crippen molar-refractivity contribution < 1.29 is 14.3 Å². The molecule has 6 heteroatoms. The third-order valence-corrected chi connectivity index (χ3v) is 2.79. The molecule has 0 spiro atoms. The zero-order valence-corrected chi connectivity index (χ0v) is 14.1. The molecule has 0 aromatic carbocycles. The van der Waals surface area contributed by atoms with Crippen LogP contribution >= 0.6 is 0 Å². The zero-order valence-electron chi connectivity index (χ0n) is 14.1. The van der Waals surface area contributed by atoms with Crippen LogP contribution in [0.5, 0.6) is 5.88 Å². The molecule has 6 nitrogen and oxygen atoms in total. The minimum absolute atomic E-state index is 0.146. The summed E-state index contributed by atoms with van der Waals surface area (Å²) in [6.07, 6.45) is -0.464. The van der Waals surface area contributed by atoms with E-state index in [1.54, 1.807) is 9.58 Å². The summed E-state index contributed by atoms with van der Waals surface area (Å²) >= 11 is 0. The molecule has 0 fully saturated rings. The quantitative estimate of drug-likeness (QED) is 0.838. The zero-order chi connectivity index (χ0) is 16.2. The third-order valence-electron chi connectivity index (χ3n) is 2.79. The number of rotatable bonds is 5. The summed E-state index contributed by atoms with van der Waals surface area (Å²) in [5.74, 6) is 0.695. The second-order valence-corrected chi connectivity index (χ2v) is 6.20. The molecule has 0 bridgehead atoms. The van der Waals surface area contributed by atoms with Crippen LogP contribution in [0.1, 0.15) is 40.3 Å². The van der Waals surface area contributed by atoms with Gasteiger partial charge in [0, 0.05) is 19.7 Å². The van der Waals surface area contributed by atoms with E-state index < -0.39 is 5.60 Å². The Hall–Kier alpha value is -1.72. The number of aromatic nitrogens is 2. The molecule has 1 heterocycles. The van der Waals surface area contributed by atoms with Gasteiger partial charge < -0.3 is 14.4 Å². The lowest BCUT2D eigenvalue weighted by molar-refractivity contribution is 0.0187. The van der Waals surface area contributed by atoms with Crippen LogP contribution in [0.3, 0.4) is 0 Å². The fourth-order valence-electron chi connectivity index (χ4n) is 1.91. The monoisotopic (exact) mass is 297 g/mol. The Morgan fingerprint density at radius 1 is 1.48 bits per heavy atom. The SMILES string of the molecule is CCN(C[C@H](C)Oc1cc(C)nn1C)C(=O)OC(C)(C)C. The maximum Gasteiger partial charge on any atom is 0.410 e. The van der Waals surface area contributed by atoms with E-state index >= 15 is 0 Å². The predicted molar refractivity (Wildman–Crippen MR) is 81.5 cm³/mol. The minimum atomic E-state index is -0.492. The highest BCUT2D eigenvalue weighted by Gasteiger charge is 2.23. The highest BCUT2D eigenvalue weighted by Crippen LogP contribution is 2.15. The summed E-state index contributed by atoms with van der Waals surface area (Å²) in [5.41, 5.74) is 0.410. The maximum atomic E-state index is 12.1. The van der Waals surface area contributed by atoms with Gasteiger partial charge in [0.15, 0.2) is 0 Å². The van der Waals surface area contributed by atoms with Gasteiger partial charge in [-0.15, -0.1) is 0 Å². The number of amides is 1. The smallest absolute Gasteiger partial charge is 0.410 e. The van der Waals surface area contributed by atoms with E-state index in [1.165, 1.54) is 0 Å². The largest absolute Gasteiger partial charge is 0.473 e. The molecule has 1 atom stereocenters. The van der Waals surface area contributed by atoms with Crippen molar-refractivity contribution in [1.29, 1.82) is 0 Å². The van der Waals surface area contributed by atoms with Gasteiger partial charge in [-0.05, 0) is 41.5 Å². The van der Waals surface area contributed by atoms with Gasteiger partial charge in [-0.2, -0.15) is 5.10 Å². The minimum Gasteiger partial charge on any atom is -0.473 e.